The number of carbonyl (C=O) groups is 2. The van der Waals surface area contributed by atoms with Crippen LogP contribution in [0.5, 0.6) is 0 Å². The number of ether oxygens (including phenoxy) is 2. The molecule has 0 aromatic carbocycles. The van der Waals surface area contributed by atoms with E-state index >= 15 is 0 Å². The number of carbonyl (C=O) groups excluding carboxylic acids is 2. The monoisotopic (exact) mass is 339 g/mol. The van der Waals surface area contributed by atoms with Crippen molar-refractivity contribution < 1.29 is 19.1 Å². The number of nitrogens with one attached hydrogen (secondary N) is 1. The molecule has 1 saturated heterocycles. The number of rotatable bonds is 5. The van der Waals surface area contributed by atoms with Gasteiger partial charge in [0.1, 0.15) is 11.6 Å². The van der Waals surface area contributed by atoms with Crippen LogP contribution in [0.25, 0.3) is 0 Å². The van der Waals surface area contributed by atoms with E-state index in [0.29, 0.717) is 12.5 Å². The summed E-state index contributed by atoms with van der Waals surface area (Å²) in [4.78, 5) is 24.5. The predicted octanol–water partition coefficient (Wildman–Crippen LogP) is 4.22. The van der Waals surface area contributed by atoms with Crippen molar-refractivity contribution in [1.29, 1.82) is 0 Å². The smallest absolute Gasteiger partial charge is 0.408 e. The zero-order valence-corrected chi connectivity index (χ0v) is 15.6. The summed E-state index contributed by atoms with van der Waals surface area (Å²) in [6.07, 6.45) is 7.02. The SMILES string of the molecule is C=CCCC1CCCOC(=O)C(NC(=O)OC(C)(C)C)[C@H](CC)C1. The highest BCUT2D eigenvalue weighted by Gasteiger charge is 2.34. The minimum atomic E-state index is -0.644. The van der Waals surface area contributed by atoms with Gasteiger partial charge in [0.05, 0.1) is 6.61 Å². The predicted molar refractivity (Wildman–Crippen MR) is 94.7 cm³/mol. The van der Waals surface area contributed by atoms with Gasteiger partial charge in [-0.1, -0.05) is 19.4 Å². The molecule has 0 bridgehead atoms. The van der Waals surface area contributed by atoms with Crippen molar-refractivity contribution in [2.75, 3.05) is 6.61 Å². The lowest BCUT2D eigenvalue weighted by Gasteiger charge is -2.28. The van der Waals surface area contributed by atoms with Gasteiger partial charge in [0.15, 0.2) is 0 Å². The molecule has 0 saturated carbocycles. The molecule has 138 valence electrons. The van der Waals surface area contributed by atoms with Crippen LogP contribution < -0.4 is 5.32 Å². The molecular formula is C19H33NO4. The normalized spacial score (nSPS) is 25.7. The Hall–Kier alpha value is -1.52. The van der Waals surface area contributed by atoms with Crippen LogP contribution in [0.15, 0.2) is 12.7 Å². The summed E-state index contributed by atoms with van der Waals surface area (Å²) >= 11 is 0. The number of esters is 1. The molecule has 24 heavy (non-hydrogen) atoms. The van der Waals surface area contributed by atoms with E-state index in [4.69, 9.17) is 9.47 Å². The molecule has 0 radical (unpaired) electrons. The zero-order chi connectivity index (χ0) is 18.2. The standard InChI is InChI=1S/C19H33NO4/c1-6-8-10-14-11-9-12-23-17(21)16(15(7-2)13-14)20-18(22)24-19(3,4)5/h6,14-16H,1,7-13H2,2-5H3,(H,20,22)/t14?,15-,16?/m1/s1. The number of cyclic esters (lactones) is 1. The van der Waals surface area contributed by atoms with Crippen LogP contribution in [0.2, 0.25) is 0 Å². The van der Waals surface area contributed by atoms with Gasteiger partial charge in [-0.2, -0.15) is 0 Å². The summed E-state index contributed by atoms with van der Waals surface area (Å²) < 4.78 is 10.7. The number of allylic oxidation sites excluding steroid dienone is 1. The Morgan fingerprint density at radius 1 is 1.46 bits per heavy atom. The quantitative estimate of drug-likeness (QED) is 0.602. The van der Waals surface area contributed by atoms with Crippen LogP contribution in [0.3, 0.4) is 0 Å². The van der Waals surface area contributed by atoms with Gasteiger partial charge in [-0.3, -0.25) is 0 Å². The maximum Gasteiger partial charge on any atom is 0.408 e. The lowest BCUT2D eigenvalue weighted by molar-refractivity contribution is -0.147. The number of hydrogen-bond acceptors (Lipinski definition) is 4. The highest BCUT2D eigenvalue weighted by Crippen LogP contribution is 2.28. The average molecular weight is 339 g/mol. The summed E-state index contributed by atoms with van der Waals surface area (Å²) in [6, 6.07) is -0.644. The second-order valence-corrected chi connectivity index (χ2v) is 7.57. The molecule has 0 aromatic heterocycles. The van der Waals surface area contributed by atoms with Gasteiger partial charge in [0.2, 0.25) is 0 Å². The van der Waals surface area contributed by atoms with Gasteiger partial charge in [-0.15, -0.1) is 6.58 Å². The van der Waals surface area contributed by atoms with E-state index < -0.39 is 17.7 Å². The fourth-order valence-electron chi connectivity index (χ4n) is 3.14. The summed E-state index contributed by atoms with van der Waals surface area (Å²) in [7, 11) is 0. The third kappa shape index (κ3) is 7.37. The molecule has 1 N–H and O–H groups in total. The fourth-order valence-corrected chi connectivity index (χ4v) is 3.14. The van der Waals surface area contributed by atoms with E-state index in [1.54, 1.807) is 20.8 Å². The second-order valence-electron chi connectivity index (χ2n) is 7.57. The molecular weight excluding hydrogens is 306 g/mol. The summed E-state index contributed by atoms with van der Waals surface area (Å²) in [5.74, 6) is 0.223. The molecule has 5 heteroatoms. The fraction of sp³-hybridized carbons (Fsp3) is 0.789. The van der Waals surface area contributed by atoms with Crippen molar-refractivity contribution in [2.45, 2.75) is 77.9 Å². The summed E-state index contributed by atoms with van der Waals surface area (Å²) in [5.41, 5.74) is -0.597. The first kappa shape index (κ1) is 20.5. The molecule has 1 aliphatic heterocycles. The van der Waals surface area contributed by atoms with E-state index in [1.165, 1.54) is 0 Å². The molecule has 1 amide bonds. The maximum absolute atomic E-state index is 12.4. The third-order valence-corrected chi connectivity index (χ3v) is 4.34. The minimum Gasteiger partial charge on any atom is -0.464 e. The highest BCUT2D eigenvalue weighted by atomic mass is 16.6. The van der Waals surface area contributed by atoms with Gasteiger partial charge in [-0.05, 0) is 64.7 Å². The Morgan fingerprint density at radius 2 is 2.17 bits per heavy atom. The number of alkyl carbamates (subject to hydrolysis) is 1. The van der Waals surface area contributed by atoms with E-state index in [9.17, 15) is 9.59 Å². The molecule has 1 aliphatic rings. The first-order chi connectivity index (χ1) is 11.3. The Labute approximate surface area is 146 Å². The van der Waals surface area contributed by atoms with Gasteiger partial charge in [0, 0.05) is 0 Å². The van der Waals surface area contributed by atoms with Crippen molar-refractivity contribution in [1.82, 2.24) is 5.32 Å². The lowest BCUT2D eigenvalue weighted by Crippen LogP contribution is -2.48. The first-order valence-electron chi connectivity index (χ1n) is 9.03. The summed E-state index contributed by atoms with van der Waals surface area (Å²) in [6.45, 7) is 11.7. The molecule has 0 aromatic rings. The first-order valence-corrected chi connectivity index (χ1v) is 9.03. The van der Waals surface area contributed by atoms with Crippen LogP contribution in [0, 0.1) is 11.8 Å². The Morgan fingerprint density at radius 3 is 2.75 bits per heavy atom. The van der Waals surface area contributed by atoms with Crippen molar-refractivity contribution in [3.63, 3.8) is 0 Å². The maximum atomic E-state index is 12.4. The van der Waals surface area contributed by atoms with Crippen LogP contribution in [0.1, 0.15) is 66.2 Å². The van der Waals surface area contributed by atoms with Crippen molar-refractivity contribution in [2.24, 2.45) is 11.8 Å². The van der Waals surface area contributed by atoms with Crippen LogP contribution >= 0.6 is 0 Å². The van der Waals surface area contributed by atoms with E-state index in [1.807, 2.05) is 13.0 Å². The van der Waals surface area contributed by atoms with E-state index in [2.05, 4.69) is 11.9 Å². The van der Waals surface area contributed by atoms with Crippen LogP contribution in [-0.2, 0) is 14.3 Å². The third-order valence-electron chi connectivity index (χ3n) is 4.34. The minimum absolute atomic E-state index is 0.0536. The van der Waals surface area contributed by atoms with Crippen molar-refractivity contribution in [3.8, 4) is 0 Å². The van der Waals surface area contributed by atoms with E-state index in [-0.39, 0.29) is 11.9 Å². The van der Waals surface area contributed by atoms with Crippen LogP contribution in [0.4, 0.5) is 4.79 Å². The topological polar surface area (TPSA) is 64.6 Å². The van der Waals surface area contributed by atoms with Gasteiger partial charge in [0.25, 0.3) is 0 Å². The zero-order valence-electron chi connectivity index (χ0n) is 15.6. The molecule has 2 unspecified atom stereocenters. The Balaban J connectivity index is 2.83. The van der Waals surface area contributed by atoms with Gasteiger partial charge >= 0.3 is 12.1 Å². The molecule has 5 nitrogen and oxygen atoms in total. The average Bonchev–Trinajstić information content (AvgIpc) is 2.55. The van der Waals surface area contributed by atoms with Crippen LogP contribution in [-0.4, -0.2) is 30.3 Å². The van der Waals surface area contributed by atoms with Crippen molar-refractivity contribution >= 4 is 12.1 Å². The molecule has 0 spiro atoms. The molecule has 1 fully saturated rings. The van der Waals surface area contributed by atoms with E-state index in [0.717, 1.165) is 38.5 Å². The largest absolute Gasteiger partial charge is 0.464 e. The molecule has 0 aliphatic carbocycles. The Kier molecular flexibility index (Phi) is 8.29. The number of hydrogen-bond donors (Lipinski definition) is 1. The van der Waals surface area contributed by atoms with Crippen molar-refractivity contribution in [3.05, 3.63) is 12.7 Å². The molecule has 1 rings (SSSR count). The molecule has 1 heterocycles. The lowest BCUT2D eigenvalue weighted by atomic mass is 9.83. The molecule has 3 atom stereocenters. The highest BCUT2D eigenvalue weighted by molar-refractivity contribution is 5.81. The van der Waals surface area contributed by atoms with Gasteiger partial charge < -0.3 is 14.8 Å². The second kappa shape index (κ2) is 9.70. The van der Waals surface area contributed by atoms with Gasteiger partial charge in [-0.25, -0.2) is 9.59 Å². The Bertz CT molecular complexity index is 428. The summed E-state index contributed by atoms with van der Waals surface area (Å²) in [5, 5.41) is 2.74. The number of amides is 1.